The number of furan rings is 1. The summed E-state index contributed by atoms with van der Waals surface area (Å²) >= 11 is 0. The van der Waals surface area contributed by atoms with E-state index in [-0.39, 0.29) is 0 Å². The molecule has 0 aliphatic heterocycles. The lowest BCUT2D eigenvalue weighted by molar-refractivity contribution is 0.405. The molecule has 2 rings (SSSR count). The van der Waals surface area contributed by atoms with Crippen LogP contribution in [0.5, 0.6) is 0 Å². The minimum Gasteiger partial charge on any atom is -0.469 e. The van der Waals surface area contributed by atoms with Crippen molar-refractivity contribution in [3.05, 3.63) is 24.2 Å². The predicted molar refractivity (Wildman–Crippen MR) is 52.6 cm³/mol. The highest BCUT2D eigenvalue weighted by atomic mass is 16.3. The summed E-state index contributed by atoms with van der Waals surface area (Å²) in [5.41, 5.74) is 0.522. The molecule has 0 spiro atoms. The van der Waals surface area contributed by atoms with E-state index in [1.165, 1.54) is 12.8 Å². The lowest BCUT2D eigenvalue weighted by Gasteiger charge is -2.13. The van der Waals surface area contributed by atoms with Crippen LogP contribution in [0.15, 0.2) is 22.8 Å². The summed E-state index contributed by atoms with van der Waals surface area (Å²) < 4.78 is 5.36. The SMILES string of the molecule is CCNCC1(Cc2ccco2)CC1. The number of nitrogens with one attached hydrogen (secondary N) is 1. The maximum atomic E-state index is 5.36. The van der Waals surface area contributed by atoms with E-state index in [4.69, 9.17) is 4.42 Å². The van der Waals surface area contributed by atoms with Crippen molar-refractivity contribution in [3.8, 4) is 0 Å². The van der Waals surface area contributed by atoms with E-state index in [0.717, 1.165) is 25.3 Å². The lowest BCUT2D eigenvalue weighted by Crippen LogP contribution is -2.25. The van der Waals surface area contributed by atoms with Gasteiger partial charge in [-0.3, -0.25) is 0 Å². The van der Waals surface area contributed by atoms with Gasteiger partial charge in [0.15, 0.2) is 0 Å². The minimum absolute atomic E-state index is 0.522. The molecule has 0 saturated heterocycles. The van der Waals surface area contributed by atoms with Gasteiger partial charge >= 0.3 is 0 Å². The Morgan fingerprint density at radius 2 is 2.38 bits per heavy atom. The van der Waals surface area contributed by atoms with Gasteiger partial charge in [-0.05, 0) is 36.9 Å². The molecule has 1 aliphatic rings. The fraction of sp³-hybridized carbons (Fsp3) is 0.636. The second kappa shape index (κ2) is 3.54. The second-order valence-corrected chi connectivity index (χ2v) is 4.04. The Bertz CT molecular complexity index is 249. The zero-order valence-electron chi connectivity index (χ0n) is 8.18. The molecule has 1 aromatic rings. The van der Waals surface area contributed by atoms with Crippen LogP contribution >= 0.6 is 0 Å². The van der Waals surface area contributed by atoms with E-state index >= 15 is 0 Å². The van der Waals surface area contributed by atoms with Gasteiger partial charge in [0, 0.05) is 13.0 Å². The topological polar surface area (TPSA) is 25.2 Å². The molecule has 1 N–H and O–H groups in total. The summed E-state index contributed by atoms with van der Waals surface area (Å²) in [6, 6.07) is 4.05. The molecule has 72 valence electrons. The summed E-state index contributed by atoms with van der Waals surface area (Å²) in [6.45, 7) is 4.37. The first kappa shape index (κ1) is 8.82. The first-order valence-corrected chi connectivity index (χ1v) is 5.08. The van der Waals surface area contributed by atoms with E-state index < -0.39 is 0 Å². The molecule has 1 fully saturated rings. The third kappa shape index (κ3) is 2.13. The Morgan fingerprint density at radius 1 is 1.54 bits per heavy atom. The molecular formula is C11H17NO. The van der Waals surface area contributed by atoms with Crippen molar-refractivity contribution in [3.63, 3.8) is 0 Å². The van der Waals surface area contributed by atoms with E-state index in [2.05, 4.69) is 18.3 Å². The fourth-order valence-electron chi connectivity index (χ4n) is 1.77. The highest BCUT2D eigenvalue weighted by molar-refractivity contribution is 5.07. The van der Waals surface area contributed by atoms with Crippen molar-refractivity contribution in [1.82, 2.24) is 5.32 Å². The van der Waals surface area contributed by atoms with Crippen LogP contribution < -0.4 is 5.32 Å². The molecule has 1 heterocycles. The maximum absolute atomic E-state index is 5.36. The zero-order chi connectivity index (χ0) is 9.15. The predicted octanol–water partition coefficient (Wildman–Crippen LogP) is 2.21. The van der Waals surface area contributed by atoms with Gasteiger partial charge in [0.25, 0.3) is 0 Å². The van der Waals surface area contributed by atoms with Crippen LogP contribution in [0.4, 0.5) is 0 Å². The first-order chi connectivity index (χ1) is 6.35. The standard InChI is InChI=1S/C11H17NO/c1-2-12-9-11(5-6-11)8-10-4-3-7-13-10/h3-4,7,12H,2,5-6,8-9H2,1H3. The van der Waals surface area contributed by atoms with Gasteiger partial charge < -0.3 is 9.73 Å². The second-order valence-electron chi connectivity index (χ2n) is 4.04. The van der Waals surface area contributed by atoms with E-state index in [1.807, 2.05) is 6.07 Å². The Morgan fingerprint density at radius 3 is 2.92 bits per heavy atom. The van der Waals surface area contributed by atoms with Crippen LogP contribution in [0.1, 0.15) is 25.5 Å². The first-order valence-electron chi connectivity index (χ1n) is 5.08. The minimum atomic E-state index is 0.522. The van der Waals surface area contributed by atoms with Crippen molar-refractivity contribution in [2.24, 2.45) is 5.41 Å². The largest absolute Gasteiger partial charge is 0.469 e. The summed E-state index contributed by atoms with van der Waals surface area (Å²) in [7, 11) is 0. The number of rotatable bonds is 5. The van der Waals surface area contributed by atoms with Crippen LogP contribution in [0.2, 0.25) is 0 Å². The average Bonchev–Trinajstić information content (AvgIpc) is 2.69. The highest BCUT2D eigenvalue weighted by Crippen LogP contribution is 2.47. The fourth-order valence-corrected chi connectivity index (χ4v) is 1.77. The lowest BCUT2D eigenvalue weighted by atomic mass is 10.0. The molecule has 0 amide bonds. The Labute approximate surface area is 79.3 Å². The van der Waals surface area contributed by atoms with Crippen molar-refractivity contribution in [2.45, 2.75) is 26.2 Å². The van der Waals surface area contributed by atoms with Crippen LogP contribution in [0.3, 0.4) is 0 Å². The summed E-state index contributed by atoms with van der Waals surface area (Å²) in [6.07, 6.45) is 5.56. The van der Waals surface area contributed by atoms with Crippen molar-refractivity contribution < 1.29 is 4.42 Å². The molecule has 0 atom stereocenters. The molecule has 1 aromatic heterocycles. The molecule has 0 radical (unpaired) electrons. The van der Waals surface area contributed by atoms with E-state index in [9.17, 15) is 0 Å². The van der Waals surface area contributed by atoms with Gasteiger partial charge in [0.2, 0.25) is 0 Å². The van der Waals surface area contributed by atoms with Crippen LogP contribution in [0, 0.1) is 5.41 Å². The van der Waals surface area contributed by atoms with Gasteiger partial charge in [-0.1, -0.05) is 6.92 Å². The Balaban J connectivity index is 1.87. The number of hydrogen-bond acceptors (Lipinski definition) is 2. The van der Waals surface area contributed by atoms with E-state index in [1.54, 1.807) is 6.26 Å². The van der Waals surface area contributed by atoms with Crippen LogP contribution in [-0.4, -0.2) is 13.1 Å². The summed E-state index contributed by atoms with van der Waals surface area (Å²) in [4.78, 5) is 0. The van der Waals surface area contributed by atoms with Crippen LogP contribution in [-0.2, 0) is 6.42 Å². The third-order valence-electron chi connectivity index (χ3n) is 2.84. The van der Waals surface area contributed by atoms with Crippen molar-refractivity contribution >= 4 is 0 Å². The molecule has 2 heteroatoms. The molecular weight excluding hydrogens is 162 g/mol. The van der Waals surface area contributed by atoms with Crippen molar-refractivity contribution in [1.29, 1.82) is 0 Å². The van der Waals surface area contributed by atoms with Gasteiger partial charge in [-0.25, -0.2) is 0 Å². The third-order valence-corrected chi connectivity index (χ3v) is 2.84. The molecule has 0 aromatic carbocycles. The van der Waals surface area contributed by atoms with Crippen molar-refractivity contribution in [2.75, 3.05) is 13.1 Å². The Hall–Kier alpha value is -0.760. The van der Waals surface area contributed by atoms with Gasteiger partial charge in [-0.2, -0.15) is 0 Å². The molecule has 13 heavy (non-hydrogen) atoms. The summed E-state index contributed by atoms with van der Waals surface area (Å²) in [5.74, 6) is 1.13. The Kier molecular flexibility index (Phi) is 2.40. The van der Waals surface area contributed by atoms with Gasteiger partial charge in [0.05, 0.1) is 6.26 Å². The van der Waals surface area contributed by atoms with Crippen LogP contribution in [0.25, 0.3) is 0 Å². The quantitative estimate of drug-likeness (QED) is 0.749. The molecule has 0 bridgehead atoms. The smallest absolute Gasteiger partial charge is 0.104 e. The molecule has 2 nitrogen and oxygen atoms in total. The normalized spacial score (nSPS) is 18.8. The number of hydrogen-bond donors (Lipinski definition) is 1. The molecule has 1 saturated carbocycles. The van der Waals surface area contributed by atoms with Gasteiger partial charge in [0.1, 0.15) is 5.76 Å². The monoisotopic (exact) mass is 179 g/mol. The highest BCUT2D eigenvalue weighted by Gasteiger charge is 2.42. The maximum Gasteiger partial charge on any atom is 0.104 e. The van der Waals surface area contributed by atoms with Gasteiger partial charge in [-0.15, -0.1) is 0 Å². The average molecular weight is 179 g/mol. The molecule has 0 unspecified atom stereocenters. The molecule has 1 aliphatic carbocycles. The zero-order valence-corrected chi connectivity index (χ0v) is 8.18. The summed E-state index contributed by atoms with van der Waals surface area (Å²) in [5, 5.41) is 3.42. The van der Waals surface area contributed by atoms with E-state index in [0.29, 0.717) is 5.41 Å².